The van der Waals surface area contributed by atoms with Crippen LogP contribution in [0.4, 0.5) is 0 Å². The highest BCUT2D eigenvalue weighted by atomic mass is 35.5. The number of carbonyl (C=O) groups excluding carboxylic acids is 1. The molecule has 0 aromatic carbocycles. The van der Waals surface area contributed by atoms with E-state index in [4.69, 9.17) is 0 Å². The minimum atomic E-state index is -0.714. The van der Waals surface area contributed by atoms with Crippen molar-refractivity contribution in [1.82, 2.24) is 10.2 Å². The van der Waals surface area contributed by atoms with Gasteiger partial charge in [0.25, 0.3) is 5.91 Å². The maximum absolute atomic E-state index is 11.5. The van der Waals surface area contributed by atoms with Crippen LogP contribution in [0.1, 0.15) is 7.85 Å². The minimum absolute atomic E-state index is 0. The standard InChI is InChI=1S/C9H14N2O2.ClH/c12-7-1-2-11(9(7)13)8-5-3-10-4-6(5)8;/h5-8,10,12H,1-4H2;1H/t5-,6+,7-,8+;/m1./s1. The Hall–Kier alpha value is -0.320. The Kier molecular flexibility index (Phi) is 2.45. The lowest BCUT2D eigenvalue weighted by Crippen LogP contribution is -3.00. The van der Waals surface area contributed by atoms with Crippen molar-refractivity contribution in [2.24, 2.45) is 11.8 Å². The number of amides is 1. The van der Waals surface area contributed by atoms with E-state index in [2.05, 4.69) is 5.32 Å². The maximum Gasteiger partial charge on any atom is 1.00 e. The molecule has 14 heavy (non-hydrogen) atoms. The van der Waals surface area contributed by atoms with E-state index in [1.54, 1.807) is 0 Å². The molecule has 2 aliphatic heterocycles. The topological polar surface area (TPSA) is 52.6 Å². The molecule has 1 amide bonds. The molecule has 5 heteroatoms. The number of hydrogen-bond donors (Lipinski definition) is 2. The van der Waals surface area contributed by atoms with Crippen molar-refractivity contribution in [3.05, 3.63) is 0 Å². The molecule has 2 N–H and O–H groups in total. The van der Waals surface area contributed by atoms with Gasteiger partial charge >= 0.3 is 1.43 Å². The van der Waals surface area contributed by atoms with Crippen LogP contribution in [0.2, 0.25) is 0 Å². The normalized spacial score (nSPS) is 44.9. The Morgan fingerprint density at radius 2 is 2.07 bits per heavy atom. The summed E-state index contributed by atoms with van der Waals surface area (Å²) < 4.78 is 0. The van der Waals surface area contributed by atoms with E-state index in [1.807, 2.05) is 4.90 Å². The highest BCUT2D eigenvalue weighted by molar-refractivity contribution is 5.83. The van der Waals surface area contributed by atoms with Crippen molar-refractivity contribution >= 4 is 5.91 Å². The second kappa shape index (κ2) is 3.36. The van der Waals surface area contributed by atoms with Crippen LogP contribution in [0.3, 0.4) is 0 Å². The lowest BCUT2D eigenvalue weighted by atomic mass is 10.3. The van der Waals surface area contributed by atoms with Gasteiger partial charge in [0.2, 0.25) is 0 Å². The van der Waals surface area contributed by atoms with Crippen molar-refractivity contribution in [3.63, 3.8) is 0 Å². The molecule has 0 aromatic rings. The predicted molar refractivity (Wildman–Crippen MR) is 47.1 cm³/mol. The lowest BCUT2D eigenvalue weighted by molar-refractivity contribution is -0.135. The molecule has 3 rings (SSSR count). The number of carbonyl (C=O) groups is 1. The first-order valence-corrected chi connectivity index (χ1v) is 4.98. The molecular formula is C9H15ClN2O2. The molecule has 0 aromatic heterocycles. The second-order valence-electron chi connectivity index (χ2n) is 4.31. The van der Waals surface area contributed by atoms with Crippen LogP contribution in [0.5, 0.6) is 0 Å². The summed E-state index contributed by atoms with van der Waals surface area (Å²) in [6.45, 7) is 2.86. The first-order chi connectivity index (χ1) is 6.29. The quantitative estimate of drug-likeness (QED) is 0.471. The lowest BCUT2D eigenvalue weighted by Gasteiger charge is -2.18. The van der Waals surface area contributed by atoms with Crippen LogP contribution in [-0.4, -0.2) is 47.7 Å². The van der Waals surface area contributed by atoms with Crippen LogP contribution in [0.25, 0.3) is 0 Å². The number of nitrogens with zero attached hydrogens (tertiary/aromatic N) is 1. The van der Waals surface area contributed by atoms with Crippen molar-refractivity contribution in [1.29, 1.82) is 0 Å². The molecule has 0 spiro atoms. The molecule has 1 aliphatic carbocycles. The molecule has 2 saturated heterocycles. The van der Waals surface area contributed by atoms with E-state index in [0.717, 1.165) is 19.6 Å². The van der Waals surface area contributed by atoms with E-state index in [0.29, 0.717) is 24.3 Å². The van der Waals surface area contributed by atoms with Crippen molar-refractivity contribution < 1.29 is 23.7 Å². The van der Waals surface area contributed by atoms with Gasteiger partial charge in [0.15, 0.2) is 0 Å². The van der Waals surface area contributed by atoms with E-state index in [9.17, 15) is 9.90 Å². The summed E-state index contributed by atoms with van der Waals surface area (Å²) in [6.07, 6.45) is -0.0864. The first-order valence-electron chi connectivity index (χ1n) is 4.98. The Bertz CT molecular complexity index is 256. The summed E-state index contributed by atoms with van der Waals surface area (Å²) in [6, 6.07) is 0.450. The van der Waals surface area contributed by atoms with Crippen molar-refractivity contribution in [2.45, 2.75) is 18.6 Å². The molecule has 2 heterocycles. The average molecular weight is 219 g/mol. The SMILES string of the molecule is O=C1[C@H](O)CCN1[C@H]1[C@@H]2CNC[C@@H]21.[Cl-].[H+]. The van der Waals surface area contributed by atoms with Crippen LogP contribution >= 0.6 is 0 Å². The van der Waals surface area contributed by atoms with Gasteiger partial charge in [-0.2, -0.15) is 0 Å². The molecular weight excluding hydrogens is 204 g/mol. The van der Waals surface area contributed by atoms with Gasteiger partial charge in [-0.05, 0) is 18.3 Å². The number of aliphatic hydroxyl groups excluding tert-OH is 1. The van der Waals surface area contributed by atoms with Gasteiger partial charge in [-0.25, -0.2) is 0 Å². The molecule has 4 nitrogen and oxygen atoms in total. The molecule has 0 bridgehead atoms. The third-order valence-electron chi connectivity index (χ3n) is 3.62. The predicted octanol–water partition coefficient (Wildman–Crippen LogP) is -4.09. The summed E-state index contributed by atoms with van der Waals surface area (Å²) in [5.41, 5.74) is 0. The number of nitrogens with one attached hydrogen (secondary N) is 1. The van der Waals surface area contributed by atoms with Gasteiger partial charge in [-0.3, -0.25) is 4.79 Å². The zero-order valence-corrected chi connectivity index (χ0v) is 8.57. The van der Waals surface area contributed by atoms with E-state index in [-0.39, 0.29) is 19.7 Å². The largest absolute Gasteiger partial charge is 1.00 e. The Labute approximate surface area is 90.5 Å². The molecule has 3 fully saturated rings. The van der Waals surface area contributed by atoms with E-state index < -0.39 is 6.10 Å². The van der Waals surface area contributed by atoms with Gasteiger partial charge in [0, 0.05) is 25.7 Å². The zero-order valence-electron chi connectivity index (χ0n) is 8.82. The van der Waals surface area contributed by atoms with Crippen LogP contribution < -0.4 is 17.7 Å². The molecule has 80 valence electrons. The van der Waals surface area contributed by atoms with Gasteiger partial charge < -0.3 is 27.7 Å². The Morgan fingerprint density at radius 1 is 1.43 bits per heavy atom. The highest BCUT2D eigenvalue weighted by Crippen LogP contribution is 2.46. The monoisotopic (exact) mass is 218 g/mol. The van der Waals surface area contributed by atoms with Crippen LogP contribution in [-0.2, 0) is 4.79 Å². The second-order valence-corrected chi connectivity index (χ2v) is 4.31. The minimum Gasteiger partial charge on any atom is -1.00 e. The summed E-state index contributed by atoms with van der Waals surface area (Å²) in [7, 11) is 0. The Morgan fingerprint density at radius 3 is 2.57 bits per heavy atom. The van der Waals surface area contributed by atoms with Crippen LogP contribution in [0.15, 0.2) is 0 Å². The van der Waals surface area contributed by atoms with Gasteiger partial charge in [0.05, 0.1) is 0 Å². The number of rotatable bonds is 1. The molecule has 4 atom stereocenters. The fourth-order valence-corrected chi connectivity index (χ4v) is 2.83. The molecule has 3 aliphatic rings. The van der Waals surface area contributed by atoms with Crippen molar-refractivity contribution in [3.8, 4) is 0 Å². The van der Waals surface area contributed by atoms with Gasteiger partial charge in [-0.1, -0.05) is 0 Å². The fraction of sp³-hybridized carbons (Fsp3) is 0.889. The number of likely N-dealkylation sites (tertiary alicyclic amines) is 1. The first kappa shape index (κ1) is 10.2. The van der Waals surface area contributed by atoms with Crippen LogP contribution in [0, 0.1) is 11.8 Å². The fourth-order valence-electron chi connectivity index (χ4n) is 2.83. The molecule has 0 radical (unpaired) electrons. The summed E-state index contributed by atoms with van der Waals surface area (Å²) >= 11 is 0. The van der Waals surface area contributed by atoms with Gasteiger partial charge in [-0.15, -0.1) is 0 Å². The third-order valence-corrected chi connectivity index (χ3v) is 3.62. The number of aliphatic hydroxyl groups is 1. The maximum atomic E-state index is 11.5. The highest BCUT2D eigenvalue weighted by Gasteiger charge is 2.58. The number of fused-ring (bicyclic) bond motifs is 1. The number of piperidine rings is 1. The molecule has 0 unspecified atom stereocenters. The van der Waals surface area contributed by atoms with Crippen molar-refractivity contribution in [2.75, 3.05) is 19.6 Å². The third kappa shape index (κ3) is 1.25. The number of hydrogen-bond acceptors (Lipinski definition) is 3. The summed E-state index contributed by atoms with van der Waals surface area (Å²) in [5.74, 6) is 1.31. The smallest absolute Gasteiger partial charge is 1.00 e. The molecule has 1 saturated carbocycles. The van der Waals surface area contributed by atoms with E-state index in [1.165, 1.54) is 0 Å². The van der Waals surface area contributed by atoms with E-state index >= 15 is 0 Å². The van der Waals surface area contributed by atoms with Gasteiger partial charge in [0.1, 0.15) is 6.10 Å². The Balaban J connectivity index is 0.000000562. The number of halogens is 1. The average Bonchev–Trinajstić information content (AvgIpc) is 2.49. The summed E-state index contributed by atoms with van der Waals surface area (Å²) in [4.78, 5) is 13.4. The summed E-state index contributed by atoms with van der Waals surface area (Å²) in [5, 5.41) is 12.6. The zero-order chi connectivity index (χ0) is 9.00.